The number of hydrogen-bond acceptors (Lipinski definition) is 4. The first-order chi connectivity index (χ1) is 12.9. The zero-order valence-electron chi connectivity index (χ0n) is 14.0. The highest BCUT2D eigenvalue weighted by Gasteiger charge is 2.63. The summed E-state index contributed by atoms with van der Waals surface area (Å²) in [4.78, 5) is 41.2. The molecule has 2 aromatic rings. The highest BCUT2D eigenvalue weighted by molar-refractivity contribution is 6.32. The fourth-order valence-electron chi connectivity index (χ4n) is 3.78. The number of nitrogens with zero attached hydrogens (tertiary/aromatic N) is 2. The second-order valence-electron chi connectivity index (χ2n) is 6.53. The van der Waals surface area contributed by atoms with Gasteiger partial charge in [-0.15, -0.1) is 0 Å². The highest BCUT2D eigenvalue weighted by atomic mass is 35.5. The number of carbonyl (C=O) groups is 3. The molecule has 3 amide bonds. The van der Waals surface area contributed by atoms with Crippen LogP contribution in [0.2, 0.25) is 10.0 Å². The maximum atomic E-state index is 13.3. The third-order valence-corrected chi connectivity index (χ3v) is 5.49. The molecule has 2 heterocycles. The summed E-state index contributed by atoms with van der Waals surface area (Å²) in [6.45, 7) is -0.576. The summed E-state index contributed by atoms with van der Waals surface area (Å²) < 4.78 is 0. The molecule has 0 bridgehead atoms. The Hall–Kier alpha value is -2.41. The van der Waals surface area contributed by atoms with Crippen LogP contribution in [-0.4, -0.2) is 34.5 Å². The molecule has 0 radical (unpaired) electrons. The van der Waals surface area contributed by atoms with Gasteiger partial charge in [-0.05, 0) is 35.9 Å². The third-order valence-electron chi connectivity index (χ3n) is 5.02. The van der Waals surface area contributed by atoms with Crippen molar-refractivity contribution in [3.63, 3.8) is 0 Å². The number of halogens is 2. The molecule has 1 spiro atoms. The zero-order valence-corrected chi connectivity index (χ0v) is 15.5. The molecule has 2 aromatic carbocycles. The maximum absolute atomic E-state index is 13.3. The number of benzene rings is 2. The number of aliphatic hydroxyl groups excluding tert-OH is 1. The average molecular weight is 405 g/mol. The molecule has 0 aliphatic carbocycles. The molecular weight excluding hydrogens is 391 g/mol. The molecule has 1 fully saturated rings. The van der Waals surface area contributed by atoms with Crippen molar-refractivity contribution in [1.29, 1.82) is 0 Å². The van der Waals surface area contributed by atoms with Crippen molar-refractivity contribution in [3.8, 4) is 0 Å². The van der Waals surface area contributed by atoms with Crippen LogP contribution in [0.4, 0.5) is 5.69 Å². The number of fused-ring (bicyclic) bond motifs is 2. The number of anilines is 1. The topological polar surface area (TPSA) is 77.9 Å². The lowest BCUT2D eigenvalue weighted by Crippen LogP contribution is -2.46. The Bertz CT molecular complexity index is 993. The fraction of sp³-hybridized carbons (Fsp3) is 0.211. The minimum Gasteiger partial charge on any atom is -0.376 e. The van der Waals surface area contributed by atoms with E-state index in [1.54, 1.807) is 36.4 Å². The molecule has 1 atom stereocenters. The van der Waals surface area contributed by atoms with Gasteiger partial charge in [-0.3, -0.25) is 24.2 Å². The van der Waals surface area contributed by atoms with Crippen LogP contribution in [0.25, 0.3) is 0 Å². The van der Waals surface area contributed by atoms with Gasteiger partial charge in [-0.1, -0.05) is 35.3 Å². The maximum Gasteiger partial charge on any atom is 0.250 e. The van der Waals surface area contributed by atoms with Gasteiger partial charge in [0.15, 0.2) is 5.41 Å². The van der Waals surface area contributed by atoms with Crippen molar-refractivity contribution < 1.29 is 19.5 Å². The lowest BCUT2D eigenvalue weighted by Gasteiger charge is -2.21. The van der Waals surface area contributed by atoms with Crippen LogP contribution < -0.4 is 4.90 Å². The van der Waals surface area contributed by atoms with Gasteiger partial charge in [-0.25, -0.2) is 0 Å². The largest absolute Gasteiger partial charge is 0.376 e. The van der Waals surface area contributed by atoms with E-state index >= 15 is 0 Å². The minimum absolute atomic E-state index is 0.0162. The summed E-state index contributed by atoms with van der Waals surface area (Å²) >= 11 is 12.1. The Morgan fingerprint density at radius 1 is 0.963 bits per heavy atom. The van der Waals surface area contributed by atoms with Crippen molar-refractivity contribution in [2.45, 2.75) is 18.4 Å². The molecule has 6 nitrogen and oxygen atoms in total. The highest BCUT2D eigenvalue weighted by Crippen LogP contribution is 2.49. The van der Waals surface area contributed by atoms with Gasteiger partial charge in [0.25, 0.3) is 0 Å². The molecule has 0 aromatic heterocycles. The van der Waals surface area contributed by atoms with E-state index in [-0.39, 0.29) is 13.0 Å². The van der Waals surface area contributed by atoms with E-state index in [0.29, 0.717) is 26.9 Å². The second-order valence-corrected chi connectivity index (χ2v) is 7.41. The van der Waals surface area contributed by atoms with Crippen molar-refractivity contribution in [2.75, 3.05) is 11.6 Å². The van der Waals surface area contributed by atoms with E-state index in [1.165, 1.54) is 6.07 Å². The van der Waals surface area contributed by atoms with Crippen LogP contribution in [-0.2, 0) is 26.3 Å². The minimum atomic E-state index is -1.68. The van der Waals surface area contributed by atoms with Crippen LogP contribution >= 0.6 is 23.2 Å². The van der Waals surface area contributed by atoms with Crippen LogP contribution in [0.1, 0.15) is 17.5 Å². The predicted molar refractivity (Wildman–Crippen MR) is 99.3 cm³/mol. The first-order valence-electron chi connectivity index (χ1n) is 8.20. The molecule has 1 unspecified atom stereocenters. The van der Waals surface area contributed by atoms with Crippen molar-refractivity contribution in [2.24, 2.45) is 0 Å². The normalized spacial score (nSPS) is 21.5. The van der Waals surface area contributed by atoms with E-state index in [2.05, 4.69) is 0 Å². The van der Waals surface area contributed by atoms with Crippen LogP contribution in [0.3, 0.4) is 0 Å². The Labute approximate surface area is 164 Å². The molecule has 2 aliphatic rings. The third kappa shape index (κ3) is 2.56. The second kappa shape index (κ2) is 6.34. The van der Waals surface area contributed by atoms with Crippen LogP contribution in [0.5, 0.6) is 0 Å². The Balaban J connectivity index is 1.78. The van der Waals surface area contributed by atoms with Gasteiger partial charge < -0.3 is 5.11 Å². The standard InChI is InChI=1S/C19H14Cl2N2O4/c20-12-3-1-2-11(6-12)9-22-16(25)8-19(17(22)26)14-7-13(21)4-5-15(14)23(10-24)18(19)27/h1-7,24H,8-10H2. The monoisotopic (exact) mass is 404 g/mol. The van der Waals surface area contributed by atoms with E-state index in [1.807, 2.05) is 0 Å². The SMILES string of the molecule is O=C1CC2(C(=O)N1Cc1cccc(Cl)c1)C(=O)N(CO)c1ccc(Cl)cc12. The molecule has 4 rings (SSSR count). The summed E-state index contributed by atoms with van der Waals surface area (Å²) in [5, 5.41) is 10.5. The molecule has 8 heteroatoms. The van der Waals surface area contributed by atoms with Crippen LogP contribution in [0.15, 0.2) is 42.5 Å². The van der Waals surface area contributed by atoms with Gasteiger partial charge >= 0.3 is 0 Å². The summed E-state index contributed by atoms with van der Waals surface area (Å²) in [6.07, 6.45) is -0.297. The summed E-state index contributed by atoms with van der Waals surface area (Å²) in [7, 11) is 0. The molecule has 1 saturated heterocycles. The molecule has 27 heavy (non-hydrogen) atoms. The quantitative estimate of drug-likeness (QED) is 0.629. The van der Waals surface area contributed by atoms with Gasteiger partial charge in [0.1, 0.15) is 6.73 Å². The molecule has 138 valence electrons. The van der Waals surface area contributed by atoms with E-state index in [4.69, 9.17) is 23.2 Å². The number of hydrogen-bond donors (Lipinski definition) is 1. The zero-order chi connectivity index (χ0) is 19.3. The lowest BCUT2D eigenvalue weighted by atomic mass is 9.80. The Morgan fingerprint density at radius 3 is 2.37 bits per heavy atom. The smallest absolute Gasteiger partial charge is 0.250 e. The lowest BCUT2D eigenvalue weighted by molar-refractivity contribution is -0.142. The fourth-order valence-corrected chi connectivity index (χ4v) is 4.16. The van der Waals surface area contributed by atoms with Crippen molar-refractivity contribution >= 4 is 46.6 Å². The summed E-state index contributed by atoms with van der Waals surface area (Å²) in [6, 6.07) is 11.5. The van der Waals surface area contributed by atoms with E-state index < -0.39 is 29.9 Å². The Kier molecular flexibility index (Phi) is 4.22. The van der Waals surface area contributed by atoms with Gasteiger partial charge in [0.2, 0.25) is 17.7 Å². The molecular formula is C19H14Cl2N2O4. The summed E-state index contributed by atoms with van der Waals surface area (Å²) in [5.41, 5.74) is -0.269. The van der Waals surface area contributed by atoms with Gasteiger partial charge in [0, 0.05) is 15.6 Å². The molecule has 1 N–H and O–H groups in total. The van der Waals surface area contributed by atoms with Gasteiger partial charge in [0.05, 0.1) is 18.7 Å². The first kappa shape index (κ1) is 18.0. The molecule has 2 aliphatic heterocycles. The first-order valence-corrected chi connectivity index (χ1v) is 8.96. The van der Waals surface area contributed by atoms with Crippen molar-refractivity contribution in [1.82, 2.24) is 4.90 Å². The average Bonchev–Trinajstić information content (AvgIpc) is 3.02. The number of aliphatic hydroxyl groups is 1. The number of carbonyl (C=O) groups excluding carboxylic acids is 3. The molecule has 0 saturated carbocycles. The van der Waals surface area contributed by atoms with Crippen molar-refractivity contribution in [3.05, 3.63) is 63.6 Å². The van der Waals surface area contributed by atoms with E-state index in [0.717, 1.165) is 9.80 Å². The number of likely N-dealkylation sites (tertiary alicyclic amines) is 1. The van der Waals surface area contributed by atoms with E-state index in [9.17, 15) is 19.5 Å². The number of amides is 3. The Morgan fingerprint density at radius 2 is 1.67 bits per heavy atom. The summed E-state index contributed by atoms with van der Waals surface area (Å²) in [5.74, 6) is -1.69. The number of rotatable bonds is 3. The predicted octanol–water partition coefficient (Wildman–Crippen LogP) is 2.49. The number of imide groups is 1. The van der Waals surface area contributed by atoms with Crippen LogP contribution in [0, 0.1) is 0 Å². The van der Waals surface area contributed by atoms with Gasteiger partial charge in [-0.2, -0.15) is 0 Å².